The monoisotopic (exact) mass is 787 g/mol. The molecule has 0 radical (unpaired) electrons. The van der Waals surface area contributed by atoms with E-state index in [9.17, 15) is 9.59 Å². The van der Waals surface area contributed by atoms with Crippen LogP contribution in [0.15, 0.2) is 0 Å². The molecule has 1 aliphatic carbocycles. The largest absolute Gasteiger partial charge is 0.414 e. The molecule has 2 saturated heterocycles. The van der Waals surface area contributed by atoms with Crippen molar-refractivity contribution in [3.63, 3.8) is 0 Å². The van der Waals surface area contributed by atoms with E-state index in [1.807, 2.05) is 0 Å². The quantitative estimate of drug-likeness (QED) is 0.151. The number of amides is 2. The number of carbonyl (C=O) groups excluding carboxylic acids is 2. The van der Waals surface area contributed by atoms with Crippen molar-refractivity contribution in [1.82, 2.24) is 5.06 Å². The molecule has 0 aromatic rings. The minimum Gasteiger partial charge on any atom is -0.414 e. The van der Waals surface area contributed by atoms with Crippen LogP contribution in [0.1, 0.15) is 109 Å². The Morgan fingerprint density at radius 2 is 0.922 bits per heavy atom. The zero-order valence-electron chi connectivity index (χ0n) is 36.3. The number of carbonyl (C=O) groups is 2. The fraction of sp³-hybridized carbons (Fsp3) is 0.947. The lowest BCUT2D eigenvalue weighted by molar-refractivity contribution is -0.338. The van der Waals surface area contributed by atoms with Crippen molar-refractivity contribution in [2.24, 2.45) is 11.8 Å². The summed E-state index contributed by atoms with van der Waals surface area (Å²) in [4.78, 5) is 34.3. The second-order valence-electron chi connectivity index (χ2n) is 21.7. The standard InChI is InChI=1S/C38H77NO8Si4/c1-35(2,3)48(13,14)42-25-28-29(45-49(15,16)36(4,5)6)30(46-50(17,18)37(7,8)9)31(47-51(19,20)38(10,11)12)34(43-28)44-39-32(40)26-23-21-22-24-27(26)33(39)41/h26-31,34H,21-25H2,1-20H3/t26-,27+,28-,29-,30+,31-,34-/m1/s1. The van der Waals surface area contributed by atoms with Crippen LogP contribution in [0.4, 0.5) is 0 Å². The third-order valence-corrected chi connectivity index (χ3v) is 31.6. The first-order valence-corrected chi connectivity index (χ1v) is 31.2. The zero-order chi connectivity index (χ0) is 39.6. The molecule has 0 N–H and O–H groups in total. The van der Waals surface area contributed by atoms with E-state index >= 15 is 0 Å². The number of hydrogen-bond donors (Lipinski definition) is 0. The highest BCUT2D eigenvalue weighted by molar-refractivity contribution is 6.75. The molecule has 13 heteroatoms. The summed E-state index contributed by atoms with van der Waals surface area (Å²) in [5, 5.41) is 0.646. The van der Waals surface area contributed by atoms with Gasteiger partial charge >= 0.3 is 0 Å². The van der Waals surface area contributed by atoms with E-state index in [-0.39, 0.29) is 50.4 Å². The lowest BCUT2D eigenvalue weighted by Crippen LogP contribution is -2.69. The summed E-state index contributed by atoms with van der Waals surface area (Å²) in [5.41, 5.74) is 0. The SMILES string of the molecule is CC(C)(C)[Si](C)(C)OC[C@H]1O[C@H](ON2C(=O)[C@H]3CCCC[C@H]3C2=O)[C@H](O[Si](C)(C)C(C)(C)C)[C@@H](O[Si](C)(C)C(C)(C)C)[C@@H]1O[Si](C)(C)C(C)(C)C. The van der Waals surface area contributed by atoms with Gasteiger partial charge in [0, 0.05) is 0 Å². The molecule has 7 atom stereocenters. The van der Waals surface area contributed by atoms with Crippen LogP contribution < -0.4 is 0 Å². The Morgan fingerprint density at radius 3 is 1.29 bits per heavy atom. The van der Waals surface area contributed by atoms with Crippen molar-refractivity contribution in [2.45, 2.75) is 212 Å². The van der Waals surface area contributed by atoms with Crippen molar-refractivity contribution in [1.29, 1.82) is 0 Å². The topological polar surface area (TPSA) is 92.8 Å². The van der Waals surface area contributed by atoms with Gasteiger partial charge in [0.25, 0.3) is 11.8 Å². The maximum atomic E-state index is 13.9. The fourth-order valence-corrected chi connectivity index (χ4v) is 10.8. The van der Waals surface area contributed by atoms with Gasteiger partial charge in [-0.15, -0.1) is 5.06 Å². The molecule has 2 heterocycles. The van der Waals surface area contributed by atoms with Gasteiger partial charge in [0.15, 0.2) is 33.3 Å². The predicted molar refractivity (Wildman–Crippen MR) is 216 cm³/mol. The summed E-state index contributed by atoms with van der Waals surface area (Å²) < 4.78 is 36.2. The molecule has 9 nitrogen and oxygen atoms in total. The van der Waals surface area contributed by atoms with Crippen molar-refractivity contribution in [2.75, 3.05) is 6.61 Å². The molecule has 0 spiro atoms. The Kier molecular flexibility index (Phi) is 13.3. The lowest BCUT2D eigenvalue weighted by atomic mass is 9.81. The second-order valence-corrected chi connectivity index (χ2v) is 40.8. The average molecular weight is 788 g/mol. The van der Waals surface area contributed by atoms with Crippen LogP contribution >= 0.6 is 0 Å². The van der Waals surface area contributed by atoms with Crippen molar-refractivity contribution in [3.05, 3.63) is 0 Å². The minimum absolute atomic E-state index is 0.0247. The van der Waals surface area contributed by atoms with Crippen molar-refractivity contribution < 1.29 is 36.9 Å². The molecule has 1 saturated carbocycles. The molecule has 0 aromatic carbocycles. The first kappa shape index (κ1) is 45.2. The highest BCUT2D eigenvalue weighted by Gasteiger charge is 2.59. The van der Waals surface area contributed by atoms with Crippen LogP contribution in [0.5, 0.6) is 0 Å². The minimum atomic E-state index is -2.52. The zero-order valence-corrected chi connectivity index (χ0v) is 40.3. The number of hydrogen-bond acceptors (Lipinski definition) is 8. The Labute approximate surface area is 316 Å². The van der Waals surface area contributed by atoms with Gasteiger partial charge in [-0.3, -0.25) is 9.59 Å². The van der Waals surface area contributed by atoms with Crippen LogP contribution in [0, 0.1) is 11.8 Å². The van der Waals surface area contributed by atoms with E-state index in [2.05, 4.69) is 135 Å². The van der Waals surface area contributed by atoms with Crippen molar-refractivity contribution >= 4 is 45.1 Å². The Morgan fingerprint density at radius 1 is 0.569 bits per heavy atom. The highest BCUT2D eigenvalue weighted by Crippen LogP contribution is 2.47. The molecule has 3 rings (SSSR count). The van der Waals surface area contributed by atoms with Gasteiger partial charge in [-0.1, -0.05) is 95.9 Å². The summed E-state index contributed by atoms with van der Waals surface area (Å²) in [6.07, 6.45) is -0.304. The molecule has 2 aliphatic heterocycles. The number of ether oxygens (including phenoxy) is 1. The molecule has 51 heavy (non-hydrogen) atoms. The fourth-order valence-electron chi connectivity index (χ4n) is 5.90. The van der Waals surface area contributed by atoms with Crippen LogP contribution in [0.3, 0.4) is 0 Å². The molecule has 0 bridgehead atoms. The van der Waals surface area contributed by atoms with E-state index in [4.69, 9.17) is 27.3 Å². The van der Waals surface area contributed by atoms with Crippen molar-refractivity contribution in [3.8, 4) is 0 Å². The van der Waals surface area contributed by atoms with Gasteiger partial charge in [0.1, 0.15) is 24.4 Å². The normalized spacial score (nSPS) is 29.5. The van der Waals surface area contributed by atoms with Gasteiger partial charge in [0.2, 0.25) is 6.29 Å². The van der Waals surface area contributed by atoms with E-state index < -0.39 is 64.0 Å². The number of imide groups is 1. The first-order valence-electron chi connectivity index (χ1n) is 19.5. The maximum absolute atomic E-state index is 13.9. The van der Waals surface area contributed by atoms with E-state index in [0.717, 1.165) is 17.9 Å². The molecular formula is C38H77NO8Si4. The van der Waals surface area contributed by atoms with Gasteiger partial charge < -0.3 is 22.4 Å². The summed E-state index contributed by atoms with van der Waals surface area (Å²) in [6, 6.07) is 0. The van der Waals surface area contributed by atoms with Crippen LogP contribution in [-0.4, -0.2) is 87.5 Å². The average Bonchev–Trinajstić information content (AvgIpc) is 3.17. The molecule has 3 aliphatic rings. The lowest BCUT2D eigenvalue weighted by Gasteiger charge is -2.54. The van der Waals surface area contributed by atoms with Crippen LogP contribution in [-0.2, 0) is 36.9 Å². The predicted octanol–water partition coefficient (Wildman–Crippen LogP) is 10.0. The number of hydroxylamine groups is 2. The van der Waals surface area contributed by atoms with Gasteiger partial charge in [-0.25, -0.2) is 4.84 Å². The summed E-state index contributed by atoms with van der Waals surface area (Å²) in [6.45, 7) is 45.0. The van der Waals surface area contributed by atoms with Crippen LogP contribution in [0.25, 0.3) is 0 Å². The Hall–Kier alpha value is -0.232. The third-order valence-electron chi connectivity index (χ3n) is 13.7. The molecule has 3 fully saturated rings. The Bertz CT molecular complexity index is 1220. The molecule has 298 valence electrons. The number of nitrogens with zero attached hydrogens (tertiary/aromatic N) is 1. The summed E-state index contributed by atoms with van der Waals surface area (Å²) in [7, 11) is -9.66. The maximum Gasteiger partial charge on any atom is 0.257 e. The number of rotatable bonds is 11. The summed E-state index contributed by atoms with van der Waals surface area (Å²) in [5.74, 6) is -1.23. The van der Waals surface area contributed by atoms with E-state index in [1.165, 1.54) is 0 Å². The first-order chi connectivity index (χ1) is 22.7. The highest BCUT2D eigenvalue weighted by atomic mass is 28.4. The number of fused-ring (bicyclic) bond motifs is 1. The molecule has 0 aromatic heterocycles. The third kappa shape index (κ3) is 9.78. The van der Waals surface area contributed by atoms with E-state index in [0.29, 0.717) is 12.8 Å². The van der Waals surface area contributed by atoms with Crippen LogP contribution in [0.2, 0.25) is 72.5 Å². The summed E-state index contributed by atoms with van der Waals surface area (Å²) >= 11 is 0. The van der Waals surface area contributed by atoms with Gasteiger partial charge in [0.05, 0.1) is 18.4 Å². The molecule has 0 unspecified atom stereocenters. The Balaban J connectivity index is 2.27. The van der Waals surface area contributed by atoms with E-state index in [1.54, 1.807) is 0 Å². The smallest absolute Gasteiger partial charge is 0.257 e. The van der Waals surface area contributed by atoms with Gasteiger partial charge in [-0.05, 0) is 85.4 Å². The van der Waals surface area contributed by atoms with Gasteiger partial charge in [-0.2, -0.15) is 0 Å². The molecule has 2 amide bonds. The second kappa shape index (κ2) is 15.0. The molecular weight excluding hydrogens is 711 g/mol.